The van der Waals surface area contributed by atoms with Gasteiger partial charge in [-0.15, -0.1) is 0 Å². The highest BCUT2D eigenvalue weighted by atomic mass is 16.2. The molecule has 1 unspecified atom stereocenters. The summed E-state index contributed by atoms with van der Waals surface area (Å²) in [5.41, 5.74) is 9.17. The SMILES string of the molecule is CCC1Cc2ccccc2CN1C(=O)c1cc(C)c(C(N)=O)cn1. The number of fused-ring (bicyclic) bond motifs is 1. The number of pyridine rings is 1. The summed E-state index contributed by atoms with van der Waals surface area (Å²) in [4.78, 5) is 30.3. The maximum atomic E-state index is 13.0. The van der Waals surface area contributed by atoms with Crippen LogP contribution < -0.4 is 5.73 Å². The molecule has 0 spiro atoms. The average molecular weight is 323 g/mol. The Labute approximate surface area is 141 Å². The van der Waals surface area contributed by atoms with Crippen LogP contribution in [0.2, 0.25) is 0 Å². The summed E-state index contributed by atoms with van der Waals surface area (Å²) in [7, 11) is 0. The minimum Gasteiger partial charge on any atom is -0.366 e. The van der Waals surface area contributed by atoms with Crippen molar-refractivity contribution >= 4 is 11.8 Å². The first kappa shape index (κ1) is 16.2. The van der Waals surface area contributed by atoms with E-state index in [0.29, 0.717) is 23.4 Å². The third-order valence-electron chi connectivity index (χ3n) is 4.68. The maximum absolute atomic E-state index is 13.0. The van der Waals surface area contributed by atoms with Crippen molar-refractivity contribution < 1.29 is 9.59 Å². The number of carbonyl (C=O) groups excluding carboxylic acids is 2. The molecule has 5 nitrogen and oxygen atoms in total. The number of nitrogens with zero attached hydrogens (tertiary/aromatic N) is 2. The highest BCUT2D eigenvalue weighted by molar-refractivity contribution is 5.97. The molecule has 2 aromatic rings. The van der Waals surface area contributed by atoms with Crippen LogP contribution in [0.5, 0.6) is 0 Å². The molecule has 0 bridgehead atoms. The summed E-state index contributed by atoms with van der Waals surface area (Å²) >= 11 is 0. The maximum Gasteiger partial charge on any atom is 0.273 e. The third-order valence-corrected chi connectivity index (χ3v) is 4.68. The Kier molecular flexibility index (Phi) is 4.34. The number of aromatic nitrogens is 1. The molecule has 2 amide bonds. The molecule has 0 saturated carbocycles. The summed E-state index contributed by atoms with van der Waals surface area (Å²) in [5.74, 6) is -0.632. The van der Waals surface area contributed by atoms with Crippen LogP contribution in [0.25, 0.3) is 0 Å². The first-order valence-corrected chi connectivity index (χ1v) is 8.15. The van der Waals surface area contributed by atoms with E-state index in [1.807, 2.05) is 17.0 Å². The number of nitrogens with two attached hydrogens (primary N) is 1. The van der Waals surface area contributed by atoms with Crippen molar-refractivity contribution in [3.63, 3.8) is 0 Å². The van der Waals surface area contributed by atoms with E-state index in [-0.39, 0.29) is 11.9 Å². The van der Waals surface area contributed by atoms with Gasteiger partial charge in [0, 0.05) is 18.8 Å². The van der Waals surface area contributed by atoms with Crippen molar-refractivity contribution in [2.24, 2.45) is 5.73 Å². The summed E-state index contributed by atoms with van der Waals surface area (Å²) in [6.07, 6.45) is 3.14. The van der Waals surface area contributed by atoms with Gasteiger partial charge in [0.25, 0.3) is 11.8 Å². The van der Waals surface area contributed by atoms with Crippen molar-refractivity contribution in [3.05, 3.63) is 64.5 Å². The monoisotopic (exact) mass is 323 g/mol. The van der Waals surface area contributed by atoms with Gasteiger partial charge in [-0.1, -0.05) is 31.2 Å². The van der Waals surface area contributed by atoms with Crippen molar-refractivity contribution in [2.45, 2.75) is 39.3 Å². The van der Waals surface area contributed by atoms with E-state index in [9.17, 15) is 9.59 Å². The molecular formula is C19H21N3O2. The van der Waals surface area contributed by atoms with Crippen LogP contribution in [0.15, 0.2) is 36.5 Å². The summed E-state index contributed by atoms with van der Waals surface area (Å²) in [6, 6.07) is 10.0. The molecule has 0 aliphatic carbocycles. The van der Waals surface area contributed by atoms with Crippen LogP contribution in [-0.4, -0.2) is 27.7 Å². The van der Waals surface area contributed by atoms with Crippen LogP contribution >= 0.6 is 0 Å². The quantitative estimate of drug-likeness (QED) is 0.942. The second-order valence-electron chi connectivity index (χ2n) is 6.22. The molecule has 0 saturated heterocycles. The van der Waals surface area contributed by atoms with E-state index >= 15 is 0 Å². The number of amides is 2. The smallest absolute Gasteiger partial charge is 0.273 e. The zero-order valence-corrected chi connectivity index (χ0v) is 14.0. The Morgan fingerprint density at radius 2 is 2.00 bits per heavy atom. The van der Waals surface area contributed by atoms with Crippen LogP contribution in [0.4, 0.5) is 0 Å². The van der Waals surface area contributed by atoms with Crippen LogP contribution in [0.3, 0.4) is 0 Å². The number of aryl methyl sites for hydroxylation is 1. The van der Waals surface area contributed by atoms with Crippen molar-refractivity contribution in [2.75, 3.05) is 0 Å². The second-order valence-corrected chi connectivity index (χ2v) is 6.22. The molecule has 3 rings (SSSR count). The van der Waals surface area contributed by atoms with Gasteiger partial charge < -0.3 is 10.6 Å². The molecule has 0 fully saturated rings. The van der Waals surface area contributed by atoms with Gasteiger partial charge in [0.2, 0.25) is 0 Å². The van der Waals surface area contributed by atoms with E-state index in [1.165, 1.54) is 17.3 Å². The van der Waals surface area contributed by atoms with Gasteiger partial charge in [0.15, 0.2) is 0 Å². The first-order valence-electron chi connectivity index (χ1n) is 8.15. The molecular weight excluding hydrogens is 302 g/mol. The van der Waals surface area contributed by atoms with Gasteiger partial charge in [-0.3, -0.25) is 14.6 Å². The van der Waals surface area contributed by atoms with Gasteiger partial charge in [-0.25, -0.2) is 0 Å². The van der Waals surface area contributed by atoms with E-state index in [4.69, 9.17) is 5.73 Å². The van der Waals surface area contributed by atoms with Gasteiger partial charge >= 0.3 is 0 Å². The Balaban J connectivity index is 1.91. The van der Waals surface area contributed by atoms with Crippen molar-refractivity contribution in [1.82, 2.24) is 9.88 Å². The van der Waals surface area contributed by atoms with Crippen molar-refractivity contribution in [1.29, 1.82) is 0 Å². The standard InChI is InChI=1S/C19H21N3O2/c1-3-15-9-13-6-4-5-7-14(13)11-22(15)19(24)17-8-12(2)16(10-21-17)18(20)23/h4-8,10,15H,3,9,11H2,1-2H3,(H2,20,23). The number of benzene rings is 1. The van der Waals surface area contributed by atoms with Gasteiger partial charge in [0.05, 0.1) is 5.56 Å². The zero-order chi connectivity index (χ0) is 17.3. The van der Waals surface area contributed by atoms with Crippen molar-refractivity contribution in [3.8, 4) is 0 Å². The van der Waals surface area contributed by atoms with Crippen LogP contribution in [0.1, 0.15) is 50.9 Å². The molecule has 2 heterocycles. The van der Waals surface area contributed by atoms with Gasteiger partial charge in [0.1, 0.15) is 5.69 Å². The lowest BCUT2D eigenvalue weighted by molar-refractivity contribution is 0.0628. The summed E-state index contributed by atoms with van der Waals surface area (Å²) in [6.45, 7) is 4.45. The molecule has 24 heavy (non-hydrogen) atoms. The molecule has 1 aliphatic heterocycles. The normalized spacial score (nSPS) is 16.6. The van der Waals surface area contributed by atoms with E-state index in [1.54, 1.807) is 13.0 Å². The fraction of sp³-hybridized carbons (Fsp3) is 0.316. The minimum atomic E-state index is -0.530. The Morgan fingerprint density at radius 1 is 1.29 bits per heavy atom. The summed E-state index contributed by atoms with van der Waals surface area (Å²) in [5, 5.41) is 0. The molecule has 1 aromatic heterocycles. The zero-order valence-electron chi connectivity index (χ0n) is 14.0. The summed E-state index contributed by atoms with van der Waals surface area (Å²) < 4.78 is 0. The molecule has 1 atom stereocenters. The largest absolute Gasteiger partial charge is 0.366 e. The fourth-order valence-corrected chi connectivity index (χ4v) is 3.27. The Hall–Kier alpha value is -2.69. The Morgan fingerprint density at radius 3 is 2.62 bits per heavy atom. The van der Waals surface area contributed by atoms with Gasteiger partial charge in [-0.05, 0) is 42.5 Å². The number of hydrogen-bond donors (Lipinski definition) is 1. The molecule has 2 N–H and O–H groups in total. The number of hydrogen-bond acceptors (Lipinski definition) is 3. The van der Waals surface area contributed by atoms with Crippen LogP contribution in [-0.2, 0) is 13.0 Å². The van der Waals surface area contributed by atoms with E-state index in [2.05, 4.69) is 24.0 Å². The number of rotatable bonds is 3. The predicted molar refractivity (Wildman–Crippen MR) is 91.6 cm³/mol. The van der Waals surface area contributed by atoms with E-state index < -0.39 is 5.91 Å². The van der Waals surface area contributed by atoms with Crippen LogP contribution in [0, 0.1) is 6.92 Å². The highest BCUT2D eigenvalue weighted by Crippen LogP contribution is 2.26. The molecule has 124 valence electrons. The predicted octanol–water partition coefficient (Wildman–Crippen LogP) is 2.47. The second kappa shape index (κ2) is 6.43. The molecule has 5 heteroatoms. The molecule has 1 aromatic carbocycles. The lowest BCUT2D eigenvalue weighted by Crippen LogP contribution is -2.44. The minimum absolute atomic E-state index is 0.101. The third kappa shape index (κ3) is 2.89. The number of carbonyl (C=O) groups is 2. The average Bonchev–Trinajstić information content (AvgIpc) is 2.59. The lowest BCUT2D eigenvalue weighted by atomic mass is 9.92. The number of primary amides is 1. The fourth-order valence-electron chi connectivity index (χ4n) is 3.27. The van der Waals surface area contributed by atoms with Gasteiger partial charge in [-0.2, -0.15) is 0 Å². The Bertz CT molecular complexity index is 801. The molecule has 0 radical (unpaired) electrons. The molecule has 1 aliphatic rings. The topological polar surface area (TPSA) is 76.3 Å². The van der Waals surface area contributed by atoms with E-state index in [0.717, 1.165) is 12.8 Å². The first-order chi connectivity index (χ1) is 11.5. The lowest BCUT2D eigenvalue weighted by Gasteiger charge is -2.36. The highest BCUT2D eigenvalue weighted by Gasteiger charge is 2.30.